The average molecular weight is 339 g/mol. The Hall–Kier alpha value is -3.11. The maximum Gasteiger partial charge on any atom is 0.268 e. The lowest BCUT2D eigenvalue weighted by Crippen LogP contribution is -2.13. The molecule has 3 aromatic rings. The lowest BCUT2D eigenvalue weighted by Gasteiger charge is -1.98. The summed E-state index contributed by atoms with van der Waals surface area (Å²) in [5.74, 6) is 1.35. The lowest BCUT2D eigenvalue weighted by molar-refractivity contribution is -0.112. The third kappa shape index (κ3) is 3.29. The van der Waals surface area contributed by atoms with Crippen molar-refractivity contribution in [2.24, 2.45) is 0 Å². The van der Waals surface area contributed by atoms with E-state index in [4.69, 9.17) is 9.15 Å². The van der Waals surface area contributed by atoms with Gasteiger partial charge in [0.25, 0.3) is 5.91 Å². The number of carbonyl (C=O) groups excluding carboxylic acids is 1. The molecule has 0 aliphatic rings. The normalized spacial score (nSPS) is 11.3. The number of aryl methyl sites for hydroxylation is 1. The van der Waals surface area contributed by atoms with Gasteiger partial charge in [0, 0.05) is 6.08 Å². The molecule has 3 rings (SSSR count). The van der Waals surface area contributed by atoms with Crippen molar-refractivity contribution in [1.29, 1.82) is 5.26 Å². The van der Waals surface area contributed by atoms with Gasteiger partial charge in [-0.05, 0) is 37.3 Å². The summed E-state index contributed by atoms with van der Waals surface area (Å²) in [6.07, 6.45) is 1.40. The first-order valence-electron chi connectivity index (χ1n) is 7.03. The van der Waals surface area contributed by atoms with Crippen LogP contribution in [0.3, 0.4) is 0 Å². The van der Waals surface area contributed by atoms with E-state index in [-0.39, 0.29) is 5.57 Å². The minimum absolute atomic E-state index is 0.0545. The number of furan rings is 1. The number of nitrogens with one attached hydrogen (secondary N) is 1. The molecule has 0 aliphatic carbocycles. The molecule has 0 bridgehead atoms. The van der Waals surface area contributed by atoms with E-state index < -0.39 is 5.91 Å². The van der Waals surface area contributed by atoms with Gasteiger partial charge in [0.1, 0.15) is 28.9 Å². The number of hydrogen-bond donors (Lipinski definition) is 1. The number of nitriles is 1. The highest BCUT2D eigenvalue weighted by Gasteiger charge is 2.13. The first-order chi connectivity index (χ1) is 11.6. The molecule has 0 spiro atoms. The summed E-state index contributed by atoms with van der Waals surface area (Å²) in [6.45, 7) is 1.79. The molecule has 1 N–H and O–H groups in total. The van der Waals surface area contributed by atoms with E-state index in [0.717, 1.165) is 16.0 Å². The Morgan fingerprint density at radius 3 is 2.92 bits per heavy atom. The molecule has 6 nitrogen and oxygen atoms in total. The molecule has 120 valence electrons. The predicted octanol–water partition coefficient (Wildman–Crippen LogP) is 3.75. The second kappa shape index (κ2) is 6.56. The van der Waals surface area contributed by atoms with Crippen molar-refractivity contribution >= 4 is 38.7 Å². The summed E-state index contributed by atoms with van der Waals surface area (Å²) in [4.78, 5) is 16.6. The number of ether oxygens (including phenoxy) is 1. The van der Waals surface area contributed by atoms with Crippen LogP contribution in [-0.4, -0.2) is 18.0 Å². The SMILES string of the molecule is COc1ccc2nc(NC(=O)/C(C#N)=C\c3ccc(C)o3)sc2c1. The molecule has 0 saturated carbocycles. The second-order valence-corrected chi connectivity index (χ2v) is 5.96. The van der Waals surface area contributed by atoms with Crippen molar-refractivity contribution in [2.75, 3.05) is 12.4 Å². The zero-order valence-electron chi connectivity index (χ0n) is 13.0. The number of fused-ring (bicyclic) bond motifs is 1. The molecule has 1 amide bonds. The zero-order valence-corrected chi connectivity index (χ0v) is 13.8. The number of thiazole rings is 1. The first-order valence-corrected chi connectivity index (χ1v) is 7.85. The van der Waals surface area contributed by atoms with Gasteiger partial charge >= 0.3 is 0 Å². The van der Waals surface area contributed by atoms with Gasteiger partial charge in [0.15, 0.2) is 5.13 Å². The lowest BCUT2D eigenvalue weighted by atomic mass is 10.2. The Balaban J connectivity index is 1.83. The Morgan fingerprint density at radius 1 is 1.42 bits per heavy atom. The van der Waals surface area contributed by atoms with Crippen molar-refractivity contribution in [1.82, 2.24) is 4.98 Å². The molecule has 7 heteroatoms. The molecule has 24 heavy (non-hydrogen) atoms. The van der Waals surface area contributed by atoms with Gasteiger partial charge in [0.05, 0.1) is 17.3 Å². The van der Waals surface area contributed by atoms with Crippen LogP contribution >= 0.6 is 11.3 Å². The van der Waals surface area contributed by atoms with Gasteiger partial charge in [-0.25, -0.2) is 4.98 Å². The fourth-order valence-corrected chi connectivity index (χ4v) is 2.96. The van der Waals surface area contributed by atoms with E-state index in [1.807, 2.05) is 18.2 Å². The zero-order chi connectivity index (χ0) is 17.1. The Morgan fingerprint density at radius 2 is 2.25 bits per heavy atom. The van der Waals surface area contributed by atoms with Gasteiger partial charge in [0.2, 0.25) is 0 Å². The van der Waals surface area contributed by atoms with Gasteiger partial charge in [-0.2, -0.15) is 5.26 Å². The quantitative estimate of drug-likeness (QED) is 0.577. The smallest absolute Gasteiger partial charge is 0.268 e. The number of amides is 1. The summed E-state index contributed by atoms with van der Waals surface area (Å²) in [5.41, 5.74) is 0.696. The van der Waals surface area contributed by atoms with Crippen molar-refractivity contribution in [3.63, 3.8) is 0 Å². The van der Waals surface area contributed by atoms with Crippen LogP contribution in [0.15, 0.2) is 40.3 Å². The fraction of sp³-hybridized carbons (Fsp3) is 0.118. The van der Waals surface area contributed by atoms with Crippen molar-refractivity contribution < 1.29 is 13.9 Å². The monoisotopic (exact) mass is 339 g/mol. The summed E-state index contributed by atoms with van der Waals surface area (Å²) in [6, 6.07) is 10.8. The van der Waals surface area contributed by atoms with Crippen LogP contribution in [0, 0.1) is 18.3 Å². The molecular weight excluding hydrogens is 326 g/mol. The molecule has 0 saturated heterocycles. The number of methoxy groups -OCH3 is 1. The fourth-order valence-electron chi connectivity index (χ4n) is 2.07. The third-order valence-electron chi connectivity index (χ3n) is 3.23. The molecule has 0 atom stereocenters. The molecule has 1 aromatic carbocycles. The van der Waals surface area contributed by atoms with Gasteiger partial charge in [-0.1, -0.05) is 11.3 Å². The van der Waals surface area contributed by atoms with Gasteiger partial charge in [-0.15, -0.1) is 0 Å². The van der Waals surface area contributed by atoms with Crippen LogP contribution in [0.5, 0.6) is 5.75 Å². The predicted molar refractivity (Wildman–Crippen MR) is 91.8 cm³/mol. The summed E-state index contributed by atoms with van der Waals surface area (Å²) in [5, 5.41) is 12.3. The largest absolute Gasteiger partial charge is 0.497 e. The molecule has 2 aromatic heterocycles. The minimum Gasteiger partial charge on any atom is -0.497 e. The number of nitrogens with zero attached hydrogens (tertiary/aromatic N) is 2. The minimum atomic E-state index is -0.530. The number of anilines is 1. The topological polar surface area (TPSA) is 88.1 Å². The van der Waals surface area contributed by atoms with E-state index in [1.54, 1.807) is 32.2 Å². The number of rotatable bonds is 4. The molecule has 2 heterocycles. The highest BCUT2D eigenvalue weighted by Crippen LogP contribution is 2.29. The number of aromatic nitrogens is 1. The highest BCUT2D eigenvalue weighted by atomic mass is 32.1. The van der Waals surface area contributed by atoms with E-state index in [1.165, 1.54) is 17.4 Å². The van der Waals surface area contributed by atoms with Crippen LogP contribution in [0.1, 0.15) is 11.5 Å². The maximum atomic E-state index is 12.3. The van der Waals surface area contributed by atoms with Crippen LogP contribution in [-0.2, 0) is 4.79 Å². The summed E-state index contributed by atoms with van der Waals surface area (Å²) >= 11 is 1.31. The van der Waals surface area contributed by atoms with E-state index in [0.29, 0.717) is 16.7 Å². The molecule has 0 aliphatic heterocycles. The van der Waals surface area contributed by atoms with Crippen molar-refractivity contribution in [3.05, 3.63) is 47.4 Å². The average Bonchev–Trinajstić information content (AvgIpc) is 3.16. The standard InChI is InChI=1S/C17H13N3O3S/c1-10-3-4-13(23-10)7-11(9-18)16(21)20-17-19-14-6-5-12(22-2)8-15(14)24-17/h3-8H,1-2H3,(H,19,20,21)/b11-7-. The second-order valence-electron chi connectivity index (χ2n) is 4.93. The Bertz CT molecular complexity index is 979. The third-order valence-corrected chi connectivity index (χ3v) is 4.16. The summed E-state index contributed by atoms with van der Waals surface area (Å²) < 4.78 is 11.4. The van der Waals surface area contributed by atoms with Crippen LogP contribution < -0.4 is 10.1 Å². The molecule has 0 unspecified atom stereocenters. The highest BCUT2D eigenvalue weighted by molar-refractivity contribution is 7.22. The van der Waals surface area contributed by atoms with Crippen LogP contribution in [0.25, 0.3) is 16.3 Å². The van der Waals surface area contributed by atoms with Crippen molar-refractivity contribution in [3.8, 4) is 11.8 Å². The molecular formula is C17H13N3O3S. The first kappa shape index (κ1) is 15.8. The summed E-state index contributed by atoms with van der Waals surface area (Å²) in [7, 11) is 1.59. The van der Waals surface area contributed by atoms with Crippen LogP contribution in [0.2, 0.25) is 0 Å². The van der Waals surface area contributed by atoms with E-state index in [2.05, 4.69) is 10.3 Å². The Kier molecular flexibility index (Phi) is 4.31. The van der Waals surface area contributed by atoms with E-state index in [9.17, 15) is 10.1 Å². The Labute approximate surface area is 142 Å². The van der Waals surface area contributed by atoms with Gasteiger partial charge < -0.3 is 9.15 Å². The number of benzene rings is 1. The van der Waals surface area contributed by atoms with Gasteiger partial charge in [-0.3, -0.25) is 10.1 Å². The molecule has 0 fully saturated rings. The number of hydrogen-bond acceptors (Lipinski definition) is 6. The van der Waals surface area contributed by atoms with E-state index >= 15 is 0 Å². The number of carbonyl (C=O) groups is 1. The molecule has 0 radical (unpaired) electrons. The maximum absolute atomic E-state index is 12.3. The van der Waals surface area contributed by atoms with Crippen molar-refractivity contribution in [2.45, 2.75) is 6.92 Å². The van der Waals surface area contributed by atoms with Crippen LogP contribution in [0.4, 0.5) is 5.13 Å².